The lowest BCUT2D eigenvalue weighted by molar-refractivity contribution is -0.143. The van der Waals surface area contributed by atoms with E-state index in [1.807, 2.05) is 19.9 Å². The summed E-state index contributed by atoms with van der Waals surface area (Å²) in [4.78, 5) is 29.3. The highest BCUT2D eigenvalue weighted by Gasteiger charge is 2.45. The minimum absolute atomic E-state index is 0.117. The summed E-state index contributed by atoms with van der Waals surface area (Å²) < 4.78 is 43.0. The van der Waals surface area contributed by atoms with Gasteiger partial charge in [-0.05, 0) is 55.5 Å². The van der Waals surface area contributed by atoms with Crippen LogP contribution >= 0.6 is 11.6 Å². The normalized spacial score (nSPS) is 19.4. The molecule has 11 heteroatoms. The van der Waals surface area contributed by atoms with Crippen LogP contribution in [0, 0.1) is 25.7 Å². The van der Waals surface area contributed by atoms with Gasteiger partial charge < -0.3 is 15.1 Å². The third-order valence-electron chi connectivity index (χ3n) is 7.51. The first-order valence-corrected chi connectivity index (χ1v) is 13.2. The third-order valence-corrected chi connectivity index (χ3v) is 7.91. The van der Waals surface area contributed by atoms with Crippen LogP contribution in [0.5, 0.6) is 0 Å². The maximum atomic E-state index is 14.1. The number of nitrogens with zero attached hydrogens (tertiary/aromatic N) is 4. The molecule has 3 heterocycles. The number of carbonyl (C=O) groups is 2. The van der Waals surface area contributed by atoms with E-state index in [-0.39, 0.29) is 23.4 Å². The number of aromatic nitrogens is 2. The molecule has 2 unspecified atom stereocenters. The molecule has 1 aromatic heterocycles. The SMILES string of the molecule is Cc1ccc(-n2ncc(C(=O)N3CC4CN(CCC(=O)Nc5ccc(C)c(Cl)c5)CC4C3)c2C(F)(F)F)cc1. The van der Waals surface area contributed by atoms with E-state index < -0.39 is 23.3 Å². The highest BCUT2D eigenvalue weighted by Crippen LogP contribution is 2.37. The van der Waals surface area contributed by atoms with Crippen LogP contribution in [0.2, 0.25) is 5.02 Å². The Morgan fingerprint density at radius 1 is 1.03 bits per heavy atom. The first-order chi connectivity index (χ1) is 18.5. The third kappa shape index (κ3) is 5.81. The average molecular weight is 560 g/mol. The zero-order chi connectivity index (χ0) is 27.9. The van der Waals surface area contributed by atoms with E-state index in [1.54, 1.807) is 36.4 Å². The van der Waals surface area contributed by atoms with E-state index >= 15 is 0 Å². The van der Waals surface area contributed by atoms with Crippen molar-refractivity contribution < 1.29 is 22.8 Å². The van der Waals surface area contributed by atoms with Crippen molar-refractivity contribution >= 4 is 29.1 Å². The Hall–Kier alpha value is -3.37. The van der Waals surface area contributed by atoms with Crippen LogP contribution in [0.3, 0.4) is 0 Å². The van der Waals surface area contributed by atoms with Crippen LogP contribution in [0.1, 0.15) is 33.6 Å². The number of likely N-dealkylation sites (tertiary alicyclic amines) is 2. The number of benzene rings is 2. The largest absolute Gasteiger partial charge is 0.434 e. The number of aryl methyl sites for hydroxylation is 2. The standard InChI is InChI=1S/C28H29ClF3N5O2/c1-17-3-7-22(8-4-17)37-26(28(30,31)32)23(12-33-37)27(39)36-15-19-13-35(14-20(19)16-36)10-9-25(38)34-21-6-5-18(2)24(29)11-21/h3-8,11-12,19-20H,9-10,13-16H2,1-2H3,(H,34,38). The minimum atomic E-state index is -4.75. The molecule has 0 bridgehead atoms. The second kappa shape index (κ2) is 10.7. The fraction of sp³-hybridized carbons (Fsp3) is 0.393. The molecule has 2 saturated heterocycles. The maximum Gasteiger partial charge on any atom is 0.434 e. The van der Waals surface area contributed by atoms with Gasteiger partial charge in [-0.1, -0.05) is 35.4 Å². The molecule has 5 rings (SSSR count). The van der Waals surface area contributed by atoms with E-state index in [2.05, 4.69) is 15.3 Å². The van der Waals surface area contributed by atoms with Crippen LogP contribution in [0.15, 0.2) is 48.7 Å². The molecule has 0 aliphatic carbocycles. The van der Waals surface area contributed by atoms with Gasteiger partial charge in [0.05, 0.1) is 17.4 Å². The van der Waals surface area contributed by atoms with Crippen LogP contribution in [0.25, 0.3) is 5.69 Å². The van der Waals surface area contributed by atoms with Crippen molar-refractivity contribution in [1.82, 2.24) is 19.6 Å². The van der Waals surface area contributed by atoms with Gasteiger partial charge in [0.15, 0.2) is 5.69 Å². The molecule has 1 N–H and O–H groups in total. The Morgan fingerprint density at radius 3 is 2.31 bits per heavy atom. The number of carbonyl (C=O) groups excluding carboxylic acids is 2. The first kappa shape index (κ1) is 27.2. The van der Waals surface area contributed by atoms with Crippen LogP contribution in [-0.4, -0.2) is 64.1 Å². The second-order valence-electron chi connectivity index (χ2n) is 10.4. The van der Waals surface area contributed by atoms with E-state index in [0.29, 0.717) is 49.9 Å². The van der Waals surface area contributed by atoms with Crippen LogP contribution < -0.4 is 5.32 Å². The Balaban J connectivity index is 1.19. The Bertz CT molecular complexity index is 1370. The van der Waals surface area contributed by atoms with Crippen molar-refractivity contribution in [2.75, 3.05) is 38.0 Å². The molecule has 0 radical (unpaired) electrons. The molecule has 2 fully saturated rings. The number of alkyl halides is 3. The summed E-state index contributed by atoms with van der Waals surface area (Å²) in [5.74, 6) is -0.476. The molecule has 2 aromatic carbocycles. The molecule has 2 atom stereocenters. The molecule has 2 amide bonds. The van der Waals surface area contributed by atoms with Gasteiger partial charge >= 0.3 is 6.18 Å². The van der Waals surface area contributed by atoms with Gasteiger partial charge in [-0.25, -0.2) is 4.68 Å². The van der Waals surface area contributed by atoms with Gasteiger partial charge in [0.2, 0.25) is 5.91 Å². The van der Waals surface area contributed by atoms with E-state index in [1.165, 1.54) is 4.90 Å². The molecular formula is C28H29ClF3N5O2. The van der Waals surface area contributed by atoms with Gasteiger partial charge in [-0.3, -0.25) is 9.59 Å². The van der Waals surface area contributed by atoms with Crippen molar-refractivity contribution in [2.45, 2.75) is 26.4 Å². The van der Waals surface area contributed by atoms with Crippen LogP contribution in [-0.2, 0) is 11.0 Å². The summed E-state index contributed by atoms with van der Waals surface area (Å²) in [6.45, 7) is 6.42. The Labute approximate surface area is 229 Å². The monoisotopic (exact) mass is 559 g/mol. The van der Waals surface area contributed by atoms with Gasteiger partial charge in [-0.2, -0.15) is 18.3 Å². The lowest BCUT2D eigenvalue weighted by Crippen LogP contribution is -2.35. The molecular weight excluding hydrogens is 531 g/mol. The van der Waals surface area contributed by atoms with E-state index in [0.717, 1.165) is 22.0 Å². The lowest BCUT2D eigenvalue weighted by atomic mass is 10.0. The number of nitrogens with one attached hydrogen (secondary N) is 1. The van der Waals surface area contributed by atoms with Gasteiger partial charge in [0.1, 0.15) is 0 Å². The van der Waals surface area contributed by atoms with Crippen molar-refractivity contribution in [1.29, 1.82) is 0 Å². The summed E-state index contributed by atoms with van der Waals surface area (Å²) in [5, 5.41) is 7.38. The molecule has 7 nitrogen and oxygen atoms in total. The number of fused-ring (bicyclic) bond motifs is 1. The summed E-state index contributed by atoms with van der Waals surface area (Å²) in [7, 11) is 0. The number of rotatable bonds is 6. The summed E-state index contributed by atoms with van der Waals surface area (Å²) >= 11 is 6.12. The molecule has 2 aliphatic heterocycles. The van der Waals surface area contributed by atoms with Crippen molar-refractivity contribution in [2.24, 2.45) is 11.8 Å². The highest BCUT2D eigenvalue weighted by molar-refractivity contribution is 6.31. The molecule has 206 valence electrons. The van der Waals surface area contributed by atoms with Crippen molar-refractivity contribution in [3.05, 3.63) is 76.1 Å². The van der Waals surface area contributed by atoms with Crippen molar-refractivity contribution in [3.8, 4) is 5.69 Å². The Kier molecular flexibility index (Phi) is 7.43. The summed E-state index contributed by atoms with van der Waals surface area (Å²) in [5.41, 5.74) is 1.23. The van der Waals surface area contributed by atoms with Gasteiger partial charge in [-0.15, -0.1) is 0 Å². The topological polar surface area (TPSA) is 70.5 Å². The molecule has 2 aliphatic rings. The molecule has 39 heavy (non-hydrogen) atoms. The zero-order valence-corrected chi connectivity index (χ0v) is 22.4. The molecule has 0 saturated carbocycles. The zero-order valence-electron chi connectivity index (χ0n) is 21.6. The fourth-order valence-corrected chi connectivity index (χ4v) is 5.60. The van der Waals surface area contributed by atoms with Gasteiger partial charge in [0.25, 0.3) is 5.91 Å². The number of halogens is 4. The maximum absolute atomic E-state index is 14.1. The molecule has 3 aromatic rings. The Morgan fingerprint density at radius 2 is 1.69 bits per heavy atom. The van der Waals surface area contributed by atoms with Crippen LogP contribution in [0.4, 0.5) is 18.9 Å². The summed E-state index contributed by atoms with van der Waals surface area (Å²) in [6, 6.07) is 11.9. The minimum Gasteiger partial charge on any atom is -0.338 e. The highest BCUT2D eigenvalue weighted by atomic mass is 35.5. The number of anilines is 1. The number of hydrogen-bond donors (Lipinski definition) is 1. The predicted molar refractivity (Wildman–Crippen MR) is 142 cm³/mol. The van der Waals surface area contributed by atoms with Gasteiger partial charge in [0, 0.05) is 49.9 Å². The first-order valence-electron chi connectivity index (χ1n) is 12.8. The quantitative estimate of drug-likeness (QED) is 0.451. The second-order valence-corrected chi connectivity index (χ2v) is 10.8. The number of hydrogen-bond acceptors (Lipinski definition) is 4. The predicted octanol–water partition coefficient (Wildman–Crippen LogP) is 5.19. The van der Waals surface area contributed by atoms with E-state index in [4.69, 9.17) is 11.6 Å². The van der Waals surface area contributed by atoms with E-state index in [9.17, 15) is 22.8 Å². The number of amides is 2. The fourth-order valence-electron chi connectivity index (χ4n) is 5.42. The average Bonchev–Trinajstić information content (AvgIpc) is 3.58. The summed E-state index contributed by atoms with van der Waals surface area (Å²) in [6.07, 6.45) is -3.42. The molecule has 0 spiro atoms. The van der Waals surface area contributed by atoms with Crippen molar-refractivity contribution in [3.63, 3.8) is 0 Å². The smallest absolute Gasteiger partial charge is 0.338 e. The lowest BCUT2D eigenvalue weighted by Gasteiger charge is -2.22.